The minimum absolute atomic E-state index is 0.364. The molecule has 35 heavy (non-hydrogen) atoms. The van der Waals surface area contributed by atoms with Crippen LogP contribution in [0.5, 0.6) is 5.75 Å². The van der Waals surface area contributed by atoms with Crippen LogP contribution in [0.2, 0.25) is 0 Å². The van der Waals surface area contributed by atoms with E-state index in [9.17, 15) is 4.39 Å². The minimum atomic E-state index is -0.364. The average molecular weight is 479 g/mol. The number of aryl methyl sites for hydroxylation is 1. The minimum Gasteiger partial charge on any atom is -0.494 e. The van der Waals surface area contributed by atoms with Gasteiger partial charge in [0.15, 0.2) is 0 Å². The molecule has 0 saturated heterocycles. The fraction of sp³-hybridized carbons (Fsp3) is 0.320. The van der Waals surface area contributed by atoms with Gasteiger partial charge < -0.3 is 25.6 Å². The molecule has 0 aliphatic carbocycles. The number of ether oxygens (including phenoxy) is 1. The lowest BCUT2D eigenvalue weighted by molar-refractivity contribution is 0.300. The molecule has 1 aromatic carbocycles. The van der Waals surface area contributed by atoms with E-state index in [1.165, 1.54) is 0 Å². The number of pyridine rings is 1. The molecule has 0 aliphatic heterocycles. The molecule has 4 rings (SSSR count). The number of benzene rings is 1. The van der Waals surface area contributed by atoms with Gasteiger partial charge in [-0.25, -0.2) is 18.9 Å². The van der Waals surface area contributed by atoms with Gasteiger partial charge in [0.2, 0.25) is 5.95 Å². The third-order valence-corrected chi connectivity index (χ3v) is 5.94. The molecule has 0 bridgehead atoms. The summed E-state index contributed by atoms with van der Waals surface area (Å²) in [5.74, 6) is 1.03. The van der Waals surface area contributed by atoms with Crippen molar-refractivity contribution in [2.75, 3.05) is 63.5 Å². The molecule has 9 nitrogen and oxygen atoms in total. The molecule has 0 radical (unpaired) electrons. The van der Waals surface area contributed by atoms with Gasteiger partial charge in [-0.05, 0) is 37.7 Å². The Hall–Kier alpha value is -3.92. The second-order valence-corrected chi connectivity index (χ2v) is 8.46. The normalized spacial score (nSPS) is 11.3. The average Bonchev–Trinajstić information content (AvgIpc) is 3.28. The second-order valence-electron chi connectivity index (χ2n) is 8.46. The van der Waals surface area contributed by atoms with Crippen molar-refractivity contribution in [3.05, 3.63) is 54.5 Å². The molecule has 0 aliphatic rings. The lowest BCUT2D eigenvalue weighted by Crippen LogP contribution is -2.32. The number of aromatic nitrogens is 4. The quantitative estimate of drug-likeness (QED) is 0.333. The topological polar surface area (TPSA) is 96.8 Å². The number of nitrogens with two attached hydrogens (primary N) is 1. The SMILES string of the molecule is COc1cc(N(C)CCN(C)CCF)c(N)cc1Nc1ncc(C)c(-c2cnn3ccccc23)n1. The lowest BCUT2D eigenvalue weighted by atomic mass is 10.1. The maximum Gasteiger partial charge on any atom is 0.227 e. The van der Waals surface area contributed by atoms with Crippen LogP contribution >= 0.6 is 0 Å². The van der Waals surface area contributed by atoms with Crippen LogP contribution in [0.4, 0.5) is 27.4 Å². The number of nitrogens with zero attached hydrogens (tertiary/aromatic N) is 6. The summed E-state index contributed by atoms with van der Waals surface area (Å²) in [6, 6.07) is 9.61. The number of hydrogen-bond acceptors (Lipinski definition) is 8. The van der Waals surface area contributed by atoms with Gasteiger partial charge in [-0.15, -0.1) is 0 Å². The molecular weight excluding hydrogens is 447 g/mol. The zero-order valence-corrected chi connectivity index (χ0v) is 20.5. The maximum absolute atomic E-state index is 12.6. The third-order valence-electron chi connectivity index (χ3n) is 5.94. The largest absolute Gasteiger partial charge is 0.494 e. The van der Waals surface area contributed by atoms with Crippen LogP contribution in [0.1, 0.15) is 5.56 Å². The van der Waals surface area contributed by atoms with E-state index in [4.69, 9.17) is 15.5 Å². The van der Waals surface area contributed by atoms with Crippen molar-refractivity contribution in [1.29, 1.82) is 0 Å². The van der Waals surface area contributed by atoms with E-state index in [1.807, 2.05) is 78.1 Å². The molecule has 0 atom stereocenters. The van der Waals surface area contributed by atoms with Crippen LogP contribution in [0, 0.1) is 6.92 Å². The highest BCUT2D eigenvalue weighted by atomic mass is 19.1. The maximum atomic E-state index is 12.6. The second kappa shape index (κ2) is 10.6. The summed E-state index contributed by atoms with van der Waals surface area (Å²) >= 11 is 0. The molecule has 0 fully saturated rings. The first-order chi connectivity index (χ1) is 16.9. The number of rotatable bonds is 10. The first-order valence-corrected chi connectivity index (χ1v) is 11.4. The fourth-order valence-electron chi connectivity index (χ4n) is 3.89. The number of likely N-dealkylation sites (N-methyl/N-ethyl adjacent to an activating group) is 2. The summed E-state index contributed by atoms with van der Waals surface area (Å²) in [4.78, 5) is 13.2. The Bertz CT molecular complexity index is 1310. The summed E-state index contributed by atoms with van der Waals surface area (Å²) < 4.78 is 20.0. The van der Waals surface area contributed by atoms with Crippen molar-refractivity contribution in [2.24, 2.45) is 0 Å². The molecule has 3 aromatic heterocycles. The molecule has 0 amide bonds. The lowest BCUT2D eigenvalue weighted by Gasteiger charge is -2.25. The van der Waals surface area contributed by atoms with E-state index >= 15 is 0 Å². The van der Waals surface area contributed by atoms with Crippen LogP contribution in [0.25, 0.3) is 16.8 Å². The van der Waals surface area contributed by atoms with E-state index in [-0.39, 0.29) is 6.67 Å². The molecular formula is C25H31FN8O. The number of alkyl halides is 1. The van der Waals surface area contributed by atoms with Crippen LogP contribution in [-0.2, 0) is 0 Å². The van der Waals surface area contributed by atoms with Crippen molar-refractivity contribution >= 4 is 28.5 Å². The third kappa shape index (κ3) is 5.27. The number of nitrogens with one attached hydrogen (secondary N) is 1. The van der Waals surface area contributed by atoms with Crippen LogP contribution in [0.3, 0.4) is 0 Å². The van der Waals surface area contributed by atoms with E-state index < -0.39 is 0 Å². The zero-order valence-electron chi connectivity index (χ0n) is 20.5. The van der Waals surface area contributed by atoms with Gasteiger partial charge in [0.05, 0.1) is 41.6 Å². The van der Waals surface area contributed by atoms with Gasteiger partial charge in [-0.3, -0.25) is 0 Å². The Labute approximate surface area is 204 Å². The molecule has 184 valence electrons. The molecule has 0 unspecified atom stereocenters. The van der Waals surface area contributed by atoms with Crippen molar-refractivity contribution in [1.82, 2.24) is 24.5 Å². The van der Waals surface area contributed by atoms with Crippen molar-refractivity contribution < 1.29 is 9.13 Å². The van der Waals surface area contributed by atoms with Gasteiger partial charge in [-0.2, -0.15) is 5.10 Å². The van der Waals surface area contributed by atoms with Gasteiger partial charge >= 0.3 is 0 Å². The first-order valence-electron chi connectivity index (χ1n) is 11.4. The summed E-state index contributed by atoms with van der Waals surface area (Å²) in [5, 5.41) is 7.68. The van der Waals surface area contributed by atoms with E-state index in [2.05, 4.69) is 15.4 Å². The van der Waals surface area contributed by atoms with Crippen LogP contribution in [-0.4, -0.2) is 72.0 Å². The number of fused-ring (bicyclic) bond motifs is 1. The van der Waals surface area contributed by atoms with Crippen molar-refractivity contribution in [3.8, 4) is 17.0 Å². The number of anilines is 4. The number of hydrogen-bond donors (Lipinski definition) is 2. The van der Waals surface area contributed by atoms with E-state index in [0.717, 1.165) is 28.0 Å². The van der Waals surface area contributed by atoms with E-state index in [1.54, 1.807) is 13.3 Å². The first kappa shape index (κ1) is 24.2. The van der Waals surface area contributed by atoms with Gasteiger partial charge in [0.1, 0.15) is 12.4 Å². The highest BCUT2D eigenvalue weighted by Crippen LogP contribution is 2.36. The van der Waals surface area contributed by atoms with Gasteiger partial charge in [0, 0.05) is 50.7 Å². The predicted molar refractivity (Wildman–Crippen MR) is 138 cm³/mol. The Morgan fingerprint density at radius 2 is 1.97 bits per heavy atom. The Morgan fingerprint density at radius 3 is 2.74 bits per heavy atom. The summed E-state index contributed by atoms with van der Waals surface area (Å²) in [6.45, 7) is 3.42. The van der Waals surface area contributed by atoms with Crippen molar-refractivity contribution in [2.45, 2.75) is 6.92 Å². The van der Waals surface area contributed by atoms with Gasteiger partial charge in [0.25, 0.3) is 0 Å². The molecule has 3 heterocycles. The number of methoxy groups -OCH3 is 1. The van der Waals surface area contributed by atoms with Crippen LogP contribution in [0.15, 0.2) is 48.9 Å². The molecule has 0 saturated carbocycles. The number of halogens is 1. The predicted octanol–water partition coefficient (Wildman–Crippen LogP) is 3.77. The zero-order chi connectivity index (χ0) is 24.9. The molecule has 0 spiro atoms. The standard InChI is InChI=1S/C25H31FN8O/c1-17-15-28-25(31-24(17)18-16-29-34-9-6-5-7-21(18)34)30-20-13-19(27)22(14-23(20)35-4)33(3)12-11-32(2)10-8-26/h5-7,9,13-16H,8,10-12,27H2,1-4H3,(H,28,30,31). The summed E-state index contributed by atoms with van der Waals surface area (Å²) in [6.07, 6.45) is 5.49. The van der Waals surface area contributed by atoms with Crippen molar-refractivity contribution in [3.63, 3.8) is 0 Å². The summed E-state index contributed by atoms with van der Waals surface area (Å²) in [5.41, 5.74) is 12.1. The molecule has 3 N–H and O–H groups in total. The van der Waals surface area contributed by atoms with Gasteiger partial charge in [-0.1, -0.05) is 6.07 Å². The summed E-state index contributed by atoms with van der Waals surface area (Å²) in [7, 11) is 5.45. The fourth-order valence-corrected chi connectivity index (χ4v) is 3.89. The monoisotopic (exact) mass is 478 g/mol. The molecule has 4 aromatic rings. The Morgan fingerprint density at radius 1 is 1.14 bits per heavy atom. The Balaban J connectivity index is 1.59. The highest BCUT2D eigenvalue weighted by Gasteiger charge is 2.16. The smallest absolute Gasteiger partial charge is 0.227 e. The highest BCUT2D eigenvalue weighted by molar-refractivity contribution is 5.81. The Kier molecular flexibility index (Phi) is 7.31. The molecule has 10 heteroatoms. The van der Waals surface area contributed by atoms with E-state index in [0.29, 0.717) is 42.7 Å². The van der Waals surface area contributed by atoms with Crippen LogP contribution < -0.4 is 20.7 Å². The number of nitrogen functional groups attached to an aromatic ring is 1.